The summed E-state index contributed by atoms with van der Waals surface area (Å²) in [4.78, 5) is 36.9. The maximum Gasteiger partial charge on any atom is 0.490 e. The minimum atomic E-state index is -5.08. The average molecular weight is 573 g/mol. The molecular weight excluding hydrogens is 544 g/mol. The molecule has 1 amide bonds. The minimum absolute atomic E-state index is 0.0576. The molecular formula is C23H29F6N3O7. The van der Waals surface area contributed by atoms with Crippen LogP contribution in [0.1, 0.15) is 31.2 Å². The number of nitrogens with one attached hydrogen (secondary N) is 1. The van der Waals surface area contributed by atoms with Gasteiger partial charge in [0.15, 0.2) is 0 Å². The molecule has 3 fully saturated rings. The zero-order valence-corrected chi connectivity index (χ0v) is 20.6. The molecule has 16 heteroatoms. The molecule has 0 bridgehead atoms. The van der Waals surface area contributed by atoms with E-state index in [2.05, 4.69) is 21.3 Å². The molecule has 3 saturated heterocycles. The van der Waals surface area contributed by atoms with Gasteiger partial charge < -0.3 is 25.0 Å². The predicted molar refractivity (Wildman–Crippen MR) is 120 cm³/mol. The molecule has 3 aliphatic rings. The summed E-state index contributed by atoms with van der Waals surface area (Å²) in [7, 11) is 0. The van der Waals surface area contributed by atoms with E-state index in [0.717, 1.165) is 58.5 Å². The lowest BCUT2D eigenvalue weighted by Gasteiger charge is -2.23. The molecule has 3 N–H and O–H groups in total. The molecule has 39 heavy (non-hydrogen) atoms. The van der Waals surface area contributed by atoms with Crippen molar-refractivity contribution in [2.75, 3.05) is 26.3 Å². The van der Waals surface area contributed by atoms with Crippen LogP contribution in [0.2, 0.25) is 0 Å². The quantitative estimate of drug-likeness (QED) is 0.454. The summed E-state index contributed by atoms with van der Waals surface area (Å²) < 4.78 is 74.9. The molecule has 1 aromatic heterocycles. The van der Waals surface area contributed by atoms with Gasteiger partial charge in [-0.1, -0.05) is 6.07 Å². The first-order valence-corrected chi connectivity index (χ1v) is 11.9. The SMILES string of the molecule is O=C(NCC1CCOCC1)[C@H]1C[C@H]2[C@H](CCN2Cc2cccnc2)O1.O=C(O)C(F)(F)F.O=C(O)C(F)(F)F. The van der Waals surface area contributed by atoms with Gasteiger partial charge in [-0.15, -0.1) is 0 Å². The highest BCUT2D eigenvalue weighted by molar-refractivity contribution is 5.81. The second kappa shape index (κ2) is 14.4. The maximum atomic E-state index is 12.5. The van der Waals surface area contributed by atoms with Crippen LogP contribution in [0.25, 0.3) is 0 Å². The summed E-state index contributed by atoms with van der Waals surface area (Å²) in [6, 6.07) is 4.42. The van der Waals surface area contributed by atoms with E-state index in [0.29, 0.717) is 12.0 Å². The van der Waals surface area contributed by atoms with Gasteiger partial charge in [0.2, 0.25) is 5.91 Å². The molecule has 3 atom stereocenters. The highest BCUT2D eigenvalue weighted by atomic mass is 19.4. The van der Waals surface area contributed by atoms with Crippen LogP contribution in [0.5, 0.6) is 0 Å². The Morgan fingerprint density at radius 2 is 1.62 bits per heavy atom. The molecule has 0 saturated carbocycles. The molecule has 4 rings (SSSR count). The molecule has 0 spiro atoms. The number of nitrogens with zero attached hydrogens (tertiary/aromatic N) is 2. The van der Waals surface area contributed by atoms with E-state index in [-0.39, 0.29) is 18.1 Å². The van der Waals surface area contributed by atoms with Gasteiger partial charge in [-0.05, 0) is 36.8 Å². The summed E-state index contributed by atoms with van der Waals surface area (Å²) in [6.07, 6.45) is -2.68. The van der Waals surface area contributed by atoms with E-state index in [9.17, 15) is 31.1 Å². The van der Waals surface area contributed by atoms with Crippen LogP contribution in [0.4, 0.5) is 26.3 Å². The normalized spacial score (nSPS) is 23.5. The number of carboxylic acid groups (broad SMARTS) is 2. The molecule has 0 aromatic carbocycles. The Morgan fingerprint density at radius 1 is 1.03 bits per heavy atom. The van der Waals surface area contributed by atoms with Crippen molar-refractivity contribution >= 4 is 17.8 Å². The molecule has 3 aliphatic heterocycles. The number of likely N-dealkylation sites (tertiary alicyclic amines) is 1. The van der Waals surface area contributed by atoms with Gasteiger partial charge in [0, 0.05) is 57.7 Å². The Balaban J connectivity index is 0.000000317. The van der Waals surface area contributed by atoms with E-state index in [1.54, 1.807) is 6.20 Å². The maximum absolute atomic E-state index is 12.5. The van der Waals surface area contributed by atoms with Crippen molar-refractivity contribution in [1.82, 2.24) is 15.2 Å². The van der Waals surface area contributed by atoms with Gasteiger partial charge in [0.1, 0.15) is 6.10 Å². The highest BCUT2D eigenvalue weighted by Gasteiger charge is 2.45. The van der Waals surface area contributed by atoms with Crippen molar-refractivity contribution in [3.63, 3.8) is 0 Å². The number of rotatable bonds is 5. The Bertz CT molecular complexity index is 918. The van der Waals surface area contributed by atoms with E-state index in [1.807, 2.05) is 12.3 Å². The summed E-state index contributed by atoms with van der Waals surface area (Å²) in [5, 5.41) is 17.4. The number of amides is 1. The zero-order chi connectivity index (χ0) is 29.2. The van der Waals surface area contributed by atoms with Gasteiger partial charge >= 0.3 is 24.3 Å². The van der Waals surface area contributed by atoms with Gasteiger partial charge in [0.05, 0.1) is 6.10 Å². The molecule has 4 heterocycles. The van der Waals surface area contributed by atoms with Crippen LogP contribution in [0.15, 0.2) is 24.5 Å². The van der Waals surface area contributed by atoms with Crippen molar-refractivity contribution in [1.29, 1.82) is 0 Å². The van der Waals surface area contributed by atoms with Crippen molar-refractivity contribution < 1.29 is 60.4 Å². The number of hydrogen-bond donors (Lipinski definition) is 3. The monoisotopic (exact) mass is 573 g/mol. The predicted octanol–water partition coefficient (Wildman–Crippen LogP) is 2.62. The van der Waals surface area contributed by atoms with Gasteiger partial charge in [-0.25, -0.2) is 9.59 Å². The third-order valence-electron chi connectivity index (χ3n) is 6.19. The molecule has 0 radical (unpaired) electrons. The van der Waals surface area contributed by atoms with E-state index < -0.39 is 24.3 Å². The molecule has 0 aliphatic carbocycles. The number of carbonyl (C=O) groups excluding carboxylic acids is 1. The lowest BCUT2D eigenvalue weighted by Crippen LogP contribution is -2.39. The number of alkyl halides is 6. The number of hydrogen-bond acceptors (Lipinski definition) is 7. The number of aromatic nitrogens is 1. The van der Waals surface area contributed by atoms with Gasteiger partial charge in [-0.2, -0.15) is 26.3 Å². The third kappa shape index (κ3) is 11.0. The summed E-state index contributed by atoms with van der Waals surface area (Å²) >= 11 is 0. The largest absolute Gasteiger partial charge is 0.490 e. The molecule has 0 unspecified atom stereocenters. The Labute approximate surface area is 219 Å². The number of halogens is 6. The lowest BCUT2D eigenvalue weighted by atomic mass is 10.0. The molecule has 10 nitrogen and oxygen atoms in total. The summed E-state index contributed by atoms with van der Waals surface area (Å²) in [5.74, 6) is -4.91. The van der Waals surface area contributed by atoms with Crippen LogP contribution in [0, 0.1) is 5.92 Å². The fourth-order valence-electron chi connectivity index (χ4n) is 4.23. The second-order valence-electron chi connectivity index (χ2n) is 8.99. The first-order chi connectivity index (χ1) is 18.2. The van der Waals surface area contributed by atoms with E-state index in [4.69, 9.17) is 29.3 Å². The lowest BCUT2D eigenvalue weighted by molar-refractivity contribution is -0.193. The number of carboxylic acids is 2. The number of carbonyl (C=O) groups is 3. The molecule has 220 valence electrons. The van der Waals surface area contributed by atoms with Crippen molar-refractivity contribution in [2.24, 2.45) is 5.92 Å². The van der Waals surface area contributed by atoms with Crippen LogP contribution in [0.3, 0.4) is 0 Å². The van der Waals surface area contributed by atoms with E-state index in [1.165, 1.54) is 5.56 Å². The van der Waals surface area contributed by atoms with Gasteiger partial charge in [-0.3, -0.25) is 14.7 Å². The van der Waals surface area contributed by atoms with Crippen LogP contribution < -0.4 is 5.32 Å². The zero-order valence-electron chi connectivity index (χ0n) is 20.6. The van der Waals surface area contributed by atoms with Crippen molar-refractivity contribution in [2.45, 2.75) is 62.8 Å². The number of ether oxygens (including phenoxy) is 2. The molecule has 1 aromatic rings. The Morgan fingerprint density at radius 3 is 2.13 bits per heavy atom. The first kappa shape index (κ1) is 32.2. The minimum Gasteiger partial charge on any atom is -0.475 e. The van der Waals surface area contributed by atoms with Crippen LogP contribution in [-0.4, -0.2) is 94.8 Å². The number of aliphatic carboxylic acids is 2. The Hall–Kier alpha value is -2.98. The van der Waals surface area contributed by atoms with Crippen molar-refractivity contribution in [3.8, 4) is 0 Å². The first-order valence-electron chi connectivity index (χ1n) is 11.9. The highest BCUT2D eigenvalue weighted by Crippen LogP contribution is 2.34. The van der Waals surface area contributed by atoms with Crippen LogP contribution >= 0.6 is 0 Å². The summed E-state index contributed by atoms with van der Waals surface area (Å²) in [5.41, 5.74) is 1.22. The van der Waals surface area contributed by atoms with Gasteiger partial charge in [0.25, 0.3) is 0 Å². The van der Waals surface area contributed by atoms with E-state index >= 15 is 0 Å². The standard InChI is InChI=1S/C19H27N3O3.2C2HF3O2/c23-19(21-12-14-4-8-24-9-5-14)18-10-16-17(25-18)3-7-22(16)13-15-2-1-6-20-11-15;2*3-2(4,5)1(6)7/h1-2,6,11,14,16-18H,3-5,7-10,12-13H2,(H,21,23);2*(H,6,7)/t16-,17-,18+;;/m0../s1. The fourth-order valence-corrected chi connectivity index (χ4v) is 4.23. The van der Waals surface area contributed by atoms with Crippen molar-refractivity contribution in [3.05, 3.63) is 30.1 Å². The number of pyridine rings is 1. The third-order valence-corrected chi connectivity index (χ3v) is 6.19. The summed E-state index contributed by atoms with van der Waals surface area (Å²) in [6.45, 7) is 4.29. The topological polar surface area (TPSA) is 138 Å². The smallest absolute Gasteiger partial charge is 0.475 e. The Kier molecular flexibility index (Phi) is 11.9. The number of fused-ring (bicyclic) bond motifs is 1. The average Bonchev–Trinajstić information content (AvgIpc) is 3.45. The van der Waals surface area contributed by atoms with Crippen LogP contribution in [-0.2, 0) is 30.4 Å². The fraction of sp³-hybridized carbons (Fsp3) is 0.652. The second-order valence-corrected chi connectivity index (χ2v) is 8.99.